The molecule has 0 bridgehead atoms. The van der Waals surface area contributed by atoms with E-state index in [2.05, 4.69) is 25.1 Å². The molecule has 1 aliphatic rings. The minimum atomic E-state index is 0.284. The third kappa shape index (κ3) is 1.68. The lowest BCUT2D eigenvalue weighted by molar-refractivity contribution is 0.0990. The highest BCUT2D eigenvalue weighted by Gasteiger charge is 2.25. The minimum Gasteiger partial charge on any atom is -0.294 e. The number of Topliss-reactive ketones (excluding diaryl/α,β-unsaturated/α-hetero) is 1. The molecule has 1 nitrogen and oxygen atoms in total. The predicted molar refractivity (Wildman–Crippen MR) is 69.2 cm³/mol. The van der Waals surface area contributed by atoms with Crippen LogP contribution >= 0.6 is 0 Å². The molecular formula is C16H14O. The van der Waals surface area contributed by atoms with Gasteiger partial charge in [0, 0.05) is 12.0 Å². The molecule has 84 valence electrons. The van der Waals surface area contributed by atoms with Crippen molar-refractivity contribution in [3.05, 3.63) is 59.7 Å². The summed E-state index contributed by atoms with van der Waals surface area (Å²) in [6.07, 6.45) is 0.660. The van der Waals surface area contributed by atoms with Crippen molar-refractivity contribution in [1.29, 1.82) is 0 Å². The van der Waals surface area contributed by atoms with E-state index in [-0.39, 0.29) is 5.78 Å². The highest BCUT2D eigenvalue weighted by atomic mass is 16.1. The van der Waals surface area contributed by atoms with Crippen LogP contribution in [0, 0.1) is 0 Å². The van der Waals surface area contributed by atoms with Crippen molar-refractivity contribution in [1.82, 2.24) is 0 Å². The summed E-state index contributed by atoms with van der Waals surface area (Å²) >= 11 is 0. The molecule has 2 aromatic rings. The SMILES string of the molecule is C[C@@H]1CC(=O)c2ccc(-c3ccccc3)cc21. The fourth-order valence-electron chi connectivity index (χ4n) is 2.53. The molecule has 0 amide bonds. The van der Waals surface area contributed by atoms with Gasteiger partial charge in [-0.15, -0.1) is 0 Å². The molecule has 17 heavy (non-hydrogen) atoms. The molecule has 3 rings (SSSR count). The third-order valence-corrected chi connectivity index (χ3v) is 3.48. The Morgan fingerprint density at radius 1 is 1.00 bits per heavy atom. The molecule has 0 saturated carbocycles. The fourth-order valence-corrected chi connectivity index (χ4v) is 2.53. The highest BCUT2D eigenvalue weighted by Crippen LogP contribution is 2.35. The maximum Gasteiger partial charge on any atom is 0.163 e. The summed E-state index contributed by atoms with van der Waals surface area (Å²) in [4.78, 5) is 11.7. The fraction of sp³-hybridized carbons (Fsp3) is 0.188. The van der Waals surface area contributed by atoms with Gasteiger partial charge < -0.3 is 0 Å². The van der Waals surface area contributed by atoms with E-state index in [1.807, 2.05) is 30.3 Å². The Labute approximate surface area is 101 Å². The lowest BCUT2D eigenvalue weighted by atomic mass is 9.97. The van der Waals surface area contributed by atoms with Gasteiger partial charge in [-0.2, -0.15) is 0 Å². The number of fused-ring (bicyclic) bond motifs is 1. The predicted octanol–water partition coefficient (Wildman–Crippen LogP) is 4.04. The second kappa shape index (κ2) is 3.85. The number of rotatable bonds is 1. The second-order valence-corrected chi connectivity index (χ2v) is 4.70. The van der Waals surface area contributed by atoms with Crippen LogP contribution in [0.3, 0.4) is 0 Å². The van der Waals surface area contributed by atoms with Gasteiger partial charge in [0.1, 0.15) is 0 Å². The zero-order valence-electron chi connectivity index (χ0n) is 9.81. The van der Waals surface area contributed by atoms with Gasteiger partial charge in [-0.3, -0.25) is 4.79 Å². The van der Waals surface area contributed by atoms with Gasteiger partial charge in [0.05, 0.1) is 0 Å². The van der Waals surface area contributed by atoms with Crippen molar-refractivity contribution >= 4 is 5.78 Å². The smallest absolute Gasteiger partial charge is 0.163 e. The van der Waals surface area contributed by atoms with Crippen molar-refractivity contribution in [2.45, 2.75) is 19.3 Å². The summed E-state index contributed by atoms with van der Waals surface area (Å²) in [6, 6.07) is 16.5. The van der Waals surface area contributed by atoms with Crippen molar-refractivity contribution in [2.24, 2.45) is 0 Å². The average Bonchev–Trinajstić information content (AvgIpc) is 2.66. The molecule has 1 atom stereocenters. The average molecular weight is 222 g/mol. The molecule has 0 aromatic heterocycles. The maximum absolute atomic E-state index is 11.7. The third-order valence-electron chi connectivity index (χ3n) is 3.48. The number of carbonyl (C=O) groups is 1. The lowest BCUT2D eigenvalue weighted by Crippen LogP contribution is -1.90. The lowest BCUT2D eigenvalue weighted by Gasteiger charge is -2.07. The van der Waals surface area contributed by atoms with Crippen LogP contribution in [0.4, 0.5) is 0 Å². The number of carbonyl (C=O) groups excluding carboxylic acids is 1. The zero-order chi connectivity index (χ0) is 11.8. The monoisotopic (exact) mass is 222 g/mol. The van der Waals surface area contributed by atoms with Crippen molar-refractivity contribution in [2.75, 3.05) is 0 Å². The quantitative estimate of drug-likeness (QED) is 0.711. The molecule has 0 aliphatic heterocycles. The first-order valence-electron chi connectivity index (χ1n) is 5.98. The molecule has 0 heterocycles. The normalized spacial score (nSPS) is 18.2. The van der Waals surface area contributed by atoms with E-state index in [1.54, 1.807) is 0 Å². The summed E-state index contributed by atoms with van der Waals surface area (Å²) in [5.41, 5.74) is 4.53. The standard InChI is InChI=1S/C16H14O/c1-11-9-16(17)14-8-7-13(10-15(11)14)12-5-3-2-4-6-12/h2-8,10-11H,9H2,1H3/t11-/m1/s1. The van der Waals surface area contributed by atoms with Gasteiger partial charge in [0.25, 0.3) is 0 Å². The molecule has 0 radical (unpaired) electrons. The van der Waals surface area contributed by atoms with E-state index in [9.17, 15) is 4.79 Å². The molecule has 1 heteroatoms. The van der Waals surface area contributed by atoms with Gasteiger partial charge in [-0.05, 0) is 22.6 Å². The molecule has 0 unspecified atom stereocenters. The van der Waals surface area contributed by atoms with Crippen LogP contribution in [0.25, 0.3) is 11.1 Å². The van der Waals surface area contributed by atoms with Gasteiger partial charge in [-0.1, -0.05) is 55.5 Å². The van der Waals surface area contributed by atoms with Crippen molar-refractivity contribution in [3.8, 4) is 11.1 Å². The highest BCUT2D eigenvalue weighted by molar-refractivity contribution is 6.01. The Morgan fingerprint density at radius 3 is 2.53 bits per heavy atom. The molecule has 1 aliphatic carbocycles. The Hall–Kier alpha value is -1.89. The zero-order valence-corrected chi connectivity index (χ0v) is 9.81. The summed E-state index contributed by atoms with van der Waals surface area (Å²) < 4.78 is 0. The van der Waals surface area contributed by atoms with Crippen molar-refractivity contribution in [3.63, 3.8) is 0 Å². The van der Waals surface area contributed by atoms with Crippen LogP contribution in [0.5, 0.6) is 0 Å². The van der Waals surface area contributed by atoms with Gasteiger partial charge in [0.2, 0.25) is 0 Å². The first-order valence-corrected chi connectivity index (χ1v) is 5.98. The summed E-state index contributed by atoms with van der Waals surface area (Å²) in [5.74, 6) is 0.647. The van der Waals surface area contributed by atoms with Gasteiger partial charge in [0.15, 0.2) is 5.78 Å². The largest absolute Gasteiger partial charge is 0.294 e. The van der Waals surface area contributed by atoms with Crippen LogP contribution in [-0.2, 0) is 0 Å². The van der Waals surface area contributed by atoms with Crippen LogP contribution in [-0.4, -0.2) is 5.78 Å². The van der Waals surface area contributed by atoms with Crippen molar-refractivity contribution < 1.29 is 4.79 Å². The van der Waals surface area contributed by atoms with Crippen LogP contribution in [0.15, 0.2) is 48.5 Å². The number of benzene rings is 2. The maximum atomic E-state index is 11.7. The molecule has 0 spiro atoms. The molecule has 2 aromatic carbocycles. The van der Waals surface area contributed by atoms with Gasteiger partial charge in [-0.25, -0.2) is 0 Å². The van der Waals surface area contributed by atoms with E-state index in [0.717, 1.165) is 5.56 Å². The van der Waals surface area contributed by atoms with E-state index in [1.165, 1.54) is 16.7 Å². The van der Waals surface area contributed by atoms with Gasteiger partial charge >= 0.3 is 0 Å². The second-order valence-electron chi connectivity index (χ2n) is 4.70. The van der Waals surface area contributed by atoms with Crippen LogP contribution < -0.4 is 0 Å². The Bertz CT molecular complexity index is 569. The number of ketones is 1. The molecule has 0 fully saturated rings. The topological polar surface area (TPSA) is 17.1 Å². The Balaban J connectivity index is 2.11. The van der Waals surface area contributed by atoms with E-state index in [4.69, 9.17) is 0 Å². The summed E-state index contributed by atoms with van der Waals surface area (Å²) in [7, 11) is 0. The molecule has 0 N–H and O–H groups in total. The summed E-state index contributed by atoms with van der Waals surface area (Å²) in [6.45, 7) is 2.12. The Morgan fingerprint density at radius 2 is 1.76 bits per heavy atom. The Kier molecular flexibility index (Phi) is 2.32. The van der Waals surface area contributed by atoms with Crippen LogP contribution in [0.2, 0.25) is 0 Å². The molecular weight excluding hydrogens is 208 g/mol. The van der Waals surface area contributed by atoms with E-state index in [0.29, 0.717) is 12.3 Å². The first-order chi connectivity index (χ1) is 8.25. The number of hydrogen-bond donors (Lipinski definition) is 0. The minimum absolute atomic E-state index is 0.284. The van der Waals surface area contributed by atoms with E-state index < -0.39 is 0 Å². The number of hydrogen-bond acceptors (Lipinski definition) is 1. The first kappa shape index (κ1) is 10.3. The molecule has 0 saturated heterocycles. The summed E-state index contributed by atoms with van der Waals surface area (Å²) in [5, 5.41) is 0. The van der Waals surface area contributed by atoms with E-state index >= 15 is 0 Å². The van der Waals surface area contributed by atoms with Crippen LogP contribution in [0.1, 0.15) is 35.2 Å².